The average molecular weight is 300 g/mol. The second-order valence-corrected chi connectivity index (χ2v) is 5.96. The van der Waals surface area contributed by atoms with Crippen molar-refractivity contribution in [3.05, 3.63) is 65.9 Å². The van der Waals surface area contributed by atoms with Gasteiger partial charge in [0.05, 0.1) is 16.6 Å². The molecule has 1 N–H and O–H groups in total. The minimum atomic E-state index is -1.34. The van der Waals surface area contributed by atoms with E-state index < -0.39 is 16.8 Å². The first-order valence-electron chi connectivity index (χ1n) is 6.34. The van der Waals surface area contributed by atoms with Gasteiger partial charge in [-0.1, -0.05) is 36.4 Å². The van der Waals surface area contributed by atoms with E-state index in [0.29, 0.717) is 15.9 Å². The van der Waals surface area contributed by atoms with Crippen molar-refractivity contribution in [1.29, 1.82) is 0 Å². The van der Waals surface area contributed by atoms with Crippen LogP contribution in [0.15, 0.2) is 63.9 Å². The first kappa shape index (κ1) is 13.6. The van der Waals surface area contributed by atoms with E-state index in [1.54, 1.807) is 48.5 Å². The van der Waals surface area contributed by atoms with Gasteiger partial charge in [0.2, 0.25) is 0 Å². The van der Waals surface area contributed by atoms with Crippen LogP contribution in [0.25, 0.3) is 11.0 Å². The Hall–Kier alpha value is -2.40. The van der Waals surface area contributed by atoms with Crippen molar-refractivity contribution in [2.75, 3.05) is 0 Å². The molecule has 0 aliphatic carbocycles. The zero-order valence-electron chi connectivity index (χ0n) is 11.0. The summed E-state index contributed by atoms with van der Waals surface area (Å²) in [7, 11) is -1.34. The number of carbonyl (C=O) groups is 1. The number of fused-ring (bicyclic) bond motifs is 1. The maximum atomic E-state index is 12.3. The highest BCUT2D eigenvalue weighted by atomic mass is 32.2. The van der Waals surface area contributed by atoms with Gasteiger partial charge < -0.3 is 9.52 Å². The summed E-state index contributed by atoms with van der Waals surface area (Å²) in [4.78, 5) is 12.1. The van der Waals surface area contributed by atoms with Gasteiger partial charge in [0, 0.05) is 10.3 Å². The van der Waals surface area contributed by atoms with Gasteiger partial charge in [-0.15, -0.1) is 0 Å². The van der Waals surface area contributed by atoms with E-state index in [9.17, 15) is 14.1 Å². The zero-order chi connectivity index (χ0) is 14.8. The van der Waals surface area contributed by atoms with Crippen molar-refractivity contribution in [2.24, 2.45) is 0 Å². The van der Waals surface area contributed by atoms with Crippen LogP contribution >= 0.6 is 0 Å². The van der Waals surface area contributed by atoms with Gasteiger partial charge in [-0.05, 0) is 18.2 Å². The van der Waals surface area contributed by atoms with Gasteiger partial charge in [0.1, 0.15) is 16.9 Å². The summed E-state index contributed by atoms with van der Waals surface area (Å²) in [5.41, 5.74) is 0.588. The third-order valence-corrected chi connectivity index (χ3v) is 4.47. The van der Waals surface area contributed by atoms with Crippen LogP contribution in [-0.4, -0.2) is 15.3 Å². The van der Waals surface area contributed by atoms with Crippen LogP contribution in [0.5, 0.6) is 0 Å². The Morgan fingerprint density at radius 2 is 1.71 bits per heavy atom. The lowest BCUT2D eigenvalue weighted by Crippen LogP contribution is -2.03. The molecule has 0 saturated heterocycles. The minimum Gasteiger partial charge on any atom is -0.478 e. The van der Waals surface area contributed by atoms with E-state index in [1.165, 1.54) is 0 Å². The van der Waals surface area contributed by atoms with Gasteiger partial charge in [-0.2, -0.15) is 0 Å². The van der Waals surface area contributed by atoms with Crippen LogP contribution < -0.4 is 0 Å². The van der Waals surface area contributed by atoms with Crippen molar-refractivity contribution in [3.63, 3.8) is 0 Å². The van der Waals surface area contributed by atoms with E-state index in [4.69, 9.17) is 4.42 Å². The monoisotopic (exact) mass is 300 g/mol. The molecule has 4 nitrogen and oxygen atoms in total. The van der Waals surface area contributed by atoms with Gasteiger partial charge in [-0.3, -0.25) is 4.21 Å². The lowest BCUT2D eigenvalue weighted by atomic mass is 10.1. The summed E-state index contributed by atoms with van der Waals surface area (Å²) < 4.78 is 17.9. The predicted molar refractivity (Wildman–Crippen MR) is 79.7 cm³/mol. The highest BCUT2D eigenvalue weighted by Crippen LogP contribution is 2.27. The second kappa shape index (κ2) is 5.54. The highest BCUT2D eigenvalue weighted by Gasteiger charge is 2.21. The van der Waals surface area contributed by atoms with Gasteiger partial charge in [-0.25, -0.2) is 4.79 Å². The van der Waals surface area contributed by atoms with E-state index in [1.807, 2.05) is 6.07 Å². The maximum Gasteiger partial charge on any atom is 0.339 e. The third kappa shape index (κ3) is 2.60. The molecule has 1 aromatic heterocycles. The summed E-state index contributed by atoms with van der Waals surface area (Å²) in [5.74, 6) is -0.786. The topological polar surface area (TPSA) is 67.5 Å². The molecule has 0 saturated carbocycles. The minimum absolute atomic E-state index is 0.0420. The molecule has 1 heterocycles. The molecule has 3 rings (SSSR count). The largest absolute Gasteiger partial charge is 0.478 e. The van der Waals surface area contributed by atoms with Crippen LogP contribution in [0.4, 0.5) is 0 Å². The number of furan rings is 1. The van der Waals surface area contributed by atoms with Crippen molar-refractivity contribution in [2.45, 2.75) is 10.6 Å². The Morgan fingerprint density at radius 1 is 1.05 bits per heavy atom. The van der Waals surface area contributed by atoms with Crippen molar-refractivity contribution < 1.29 is 18.5 Å². The lowest BCUT2D eigenvalue weighted by Gasteiger charge is -2.01. The number of aromatic carboxylic acids is 1. The number of benzene rings is 2. The van der Waals surface area contributed by atoms with E-state index in [2.05, 4.69) is 0 Å². The molecule has 3 aromatic rings. The molecule has 0 fully saturated rings. The normalized spacial score (nSPS) is 12.4. The Kier molecular flexibility index (Phi) is 3.58. The van der Waals surface area contributed by atoms with E-state index >= 15 is 0 Å². The van der Waals surface area contributed by atoms with Gasteiger partial charge in [0.15, 0.2) is 0 Å². The average Bonchev–Trinajstić information content (AvgIpc) is 2.86. The standard InChI is InChI=1S/C16H12O4S/c17-16(18)15-12-8-4-5-9-13(12)20-14(15)10-21(19)11-6-2-1-3-7-11/h1-9H,10H2,(H,17,18). The molecular weight excluding hydrogens is 288 g/mol. The summed E-state index contributed by atoms with van der Waals surface area (Å²) in [6.07, 6.45) is 0. The van der Waals surface area contributed by atoms with E-state index in [0.717, 1.165) is 0 Å². The molecule has 1 unspecified atom stereocenters. The van der Waals surface area contributed by atoms with Crippen molar-refractivity contribution in [3.8, 4) is 0 Å². The SMILES string of the molecule is O=C(O)c1c(CS(=O)c2ccccc2)oc2ccccc12. The fourth-order valence-electron chi connectivity index (χ4n) is 2.21. The molecule has 0 aliphatic heterocycles. The Morgan fingerprint density at radius 3 is 2.43 bits per heavy atom. The van der Waals surface area contributed by atoms with Crippen LogP contribution in [0.2, 0.25) is 0 Å². The number of hydrogen-bond donors (Lipinski definition) is 1. The van der Waals surface area contributed by atoms with Crippen molar-refractivity contribution >= 4 is 27.7 Å². The van der Waals surface area contributed by atoms with Crippen molar-refractivity contribution in [1.82, 2.24) is 0 Å². The molecule has 106 valence electrons. The molecule has 1 atom stereocenters. The number of carboxylic acid groups (broad SMARTS) is 1. The summed E-state index contributed by atoms with van der Waals surface area (Å²) >= 11 is 0. The second-order valence-electron chi connectivity index (χ2n) is 4.50. The Bertz CT molecular complexity index is 821. The van der Waals surface area contributed by atoms with Crippen LogP contribution in [-0.2, 0) is 16.6 Å². The molecule has 0 aliphatic rings. The smallest absolute Gasteiger partial charge is 0.339 e. The fourth-order valence-corrected chi connectivity index (χ4v) is 3.28. The number of rotatable bonds is 4. The predicted octanol–water partition coefficient (Wildman–Crippen LogP) is 3.44. The van der Waals surface area contributed by atoms with Crippen LogP contribution in [0.1, 0.15) is 16.1 Å². The van der Waals surface area contributed by atoms with Gasteiger partial charge >= 0.3 is 5.97 Å². The molecule has 0 amide bonds. The molecular formula is C16H12O4S. The number of carboxylic acids is 1. The van der Waals surface area contributed by atoms with Gasteiger partial charge in [0.25, 0.3) is 0 Å². The summed E-state index contributed by atoms with van der Waals surface area (Å²) in [6.45, 7) is 0. The van der Waals surface area contributed by atoms with E-state index in [-0.39, 0.29) is 17.1 Å². The number of para-hydroxylation sites is 1. The Balaban J connectivity index is 2.03. The number of hydrogen-bond acceptors (Lipinski definition) is 3. The van der Waals surface area contributed by atoms with Crippen LogP contribution in [0, 0.1) is 0 Å². The molecule has 21 heavy (non-hydrogen) atoms. The first-order chi connectivity index (χ1) is 10.2. The third-order valence-electron chi connectivity index (χ3n) is 3.15. The molecule has 0 bridgehead atoms. The molecule has 5 heteroatoms. The Labute approximate surface area is 123 Å². The van der Waals surface area contributed by atoms with Crippen LogP contribution in [0.3, 0.4) is 0 Å². The molecule has 0 radical (unpaired) electrons. The fraction of sp³-hybridized carbons (Fsp3) is 0.0625. The summed E-state index contributed by atoms with van der Waals surface area (Å²) in [5, 5.41) is 9.91. The molecule has 0 spiro atoms. The quantitative estimate of drug-likeness (QED) is 0.801. The zero-order valence-corrected chi connectivity index (χ0v) is 11.8. The lowest BCUT2D eigenvalue weighted by molar-refractivity contribution is 0.0697. The summed E-state index contributed by atoms with van der Waals surface area (Å²) in [6, 6.07) is 15.8. The maximum absolute atomic E-state index is 12.3. The highest BCUT2D eigenvalue weighted by molar-refractivity contribution is 7.84. The molecule has 2 aromatic carbocycles. The first-order valence-corrected chi connectivity index (χ1v) is 7.66.